The molecule has 0 bridgehead atoms. The molecule has 0 aromatic carbocycles. The summed E-state index contributed by atoms with van der Waals surface area (Å²) in [5.41, 5.74) is 7.84. The highest BCUT2D eigenvalue weighted by atomic mass is 35.5. The van der Waals surface area contributed by atoms with Crippen LogP contribution in [0.1, 0.15) is 17.7 Å². The van der Waals surface area contributed by atoms with Crippen molar-refractivity contribution in [1.29, 1.82) is 0 Å². The molecule has 12 heavy (non-hydrogen) atoms. The molecular formula is C9H15ClN2. The van der Waals surface area contributed by atoms with Crippen LogP contribution in [0.2, 0.25) is 0 Å². The van der Waals surface area contributed by atoms with E-state index in [1.54, 1.807) is 0 Å². The molecule has 1 aromatic heterocycles. The summed E-state index contributed by atoms with van der Waals surface area (Å²) in [6.45, 7) is 2.83. The quantitative estimate of drug-likeness (QED) is 0.781. The summed E-state index contributed by atoms with van der Waals surface area (Å²) in [6.07, 6.45) is 3.86. The second-order valence-corrected chi connectivity index (χ2v) is 2.66. The summed E-state index contributed by atoms with van der Waals surface area (Å²) < 4.78 is 0. The highest BCUT2D eigenvalue weighted by Crippen LogP contribution is 2.04. The Kier molecular flexibility index (Phi) is 5.68. The Hall–Kier alpha value is -0.600. The van der Waals surface area contributed by atoms with Gasteiger partial charge in [-0.05, 0) is 37.9 Å². The Labute approximate surface area is 79.6 Å². The Morgan fingerprint density at radius 2 is 2.25 bits per heavy atom. The van der Waals surface area contributed by atoms with Crippen molar-refractivity contribution >= 4 is 12.4 Å². The topological polar surface area (TPSA) is 38.9 Å². The molecule has 1 aromatic rings. The fraction of sp³-hybridized carbons (Fsp3) is 0.444. The molecule has 68 valence electrons. The molecule has 0 atom stereocenters. The first-order chi connectivity index (χ1) is 5.34. The van der Waals surface area contributed by atoms with Crippen LogP contribution in [0.3, 0.4) is 0 Å². The number of hydrogen-bond donors (Lipinski definition) is 1. The molecule has 0 fully saturated rings. The average Bonchev–Trinajstić information content (AvgIpc) is 2.03. The van der Waals surface area contributed by atoms with Crippen molar-refractivity contribution in [2.24, 2.45) is 5.73 Å². The fourth-order valence-electron chi connectivity index (χ4n) is 1.05. The summed E-state index contributed by atoms with van der Waals surface area (Å²) in [5, 5.41) is 0. The summed E-state index contributed by atoms with van der Waals surface area (Å²) >= 11 is 0. The van der Waals surface area contributed by atoms with Crippen molar-refractivity contribution in [2.75, 3.05) is 6.54 Å². The van der Waals surface area contributed by atoms with E-state index in [1.165, 1.54) is 11.3 Å². The lowest BCUT2D eigenvalue weighted by Gasteiger charge is -2.01. The lowest BCUT2D eigenvalue weighted by atomic mass is 10.1. The summed E-state index contributed by atoms with van der Waals surface area (Å²) in [4.78, 5) is 4.26. The zero-order valence-corrected chi connectivity index (χ0v) is 8.10. The van der Waals surface area contributed by atoms with Crippen LogP contribution in [0.15, 0.2) is 18.3 Å². The van der Waals surface area contributed by atoms with Crippen molar-refractivity contribution in [3.8, 4) is 0 Å². The van der Waals surface area contributed by atoms with Crippen LogP contribution in [0, 0.1) is 6.92 Å². The van der Waals surface area contributed by atoms with Crippen LogP contribution < -0.4 is 5.73 Å². The normalized spacial score (nSPS) is 9.17. The SMILES string of the molecule is Cc1cccnc1CCCN.Cl. The van der Waals surface area contributed by atoms with Crippen LogP contribution in [0.5, 0.6) is 0 Å². The minimum atomic E-state index is 0. The molecule has 0 spiro atoms. The van der Waals surface area contributed by atoms with Gasteiger partial charge < -0.3 is 5.73 Å². The third kappa shape index (κ3) is 3.20. The molecular weight excluding hydrogens is 172 g/mol. The maximum atomic E-state index is 5.40. The van der Waals surface area contributed by atoms with Gasteiger partial charge in [-0.15, -0.1) is 12.4 Å². The highest BCUT2D eigenvalue weighted by Gasteiger charge is 1.95. The first-order valence-electron chi connectivity index (χ1n) is 3.95. The number of hydrogen-bond acceptors (Lipinski definition) is 2. The van der Waals surface area contributed by atoms with E-state index >= 15 is 0 Å². The van der Waals surface area contributed by atoms with E-state index in [2.05, 4.69) is 18.0 Å². The summed E-state index contributed by atoms with van der Waals surface area (Å²) in [7, 11) is 0. The highest BCUT2D eigenvalue weighted by molar-refractivity contribution is 5.85. The van der Waals surface area contributed by atoms with Crippen LogP contribution in [0.4, 0.5) is 0 Å². The predicted octanol–water partition coefficient (Wildman–Crippen LogP) is 1.70. The average molecular weight is 187 g/mol. The Bertz CT molecular complexity index is 226. The molecule has 1 rings (SSSR count). The van der Waals surface area contributed by atoms with Gasteiger partial charge in [-0.25, -0.2) is 0 Å². The molecule has 0 aliphatic rings. The van der Waals surface area contributed by atoms with E-state index in [9.17, 15) is 0 Å². The van der Waals surface area contributed by atoms with Crippen LogP contribution in [-0.4, -0.2) is 11.5 Å². The standard InChI is InChI=1S/C9H14N2.ClH/c1-8-4-3-7-11-9(8)5-2-6-10;/h3-4,7H,2,5-6,10H2,1H3;1H. The Morgan fingerprint density at radius 1 is 1.50 bits per heavy atom. The van der Waals surface area contributed by atoms with Crippen molar-refractivity contribution < 1.29 is 0 Å². The number of nitrogens with zero attached hydrogens (tertiary/aromatic N) is 1. The summed E-state index contributed by atoms with van der Waals surface area (Å²) in [5.74, 6) is 0. The maximum absolute atomic E-state index is 5.40. The van der Waals surface area contributed by atoms with Crippen molar-refractivity contribution in [3.05, 3.63) is 29.6 Å². The molecule has 0 aliphatic heterocycles. The second-order valence-electron chi connectivity index (χ2n) is 2.66. The van der Waals surface area contributed by atoms with Crippen molar-refractivity contribution in [3.63, 3.8) is 0 Å². The predicted molar refractivity (Wildman–Crippen MR) is 53.6 cm³/mol. The molecule has 2 nitrogen and oxygen atoms in total. The molecule has 0 radical (unpaired) electrons. The van der Waals surface area contributed by atoms with Crippen LogP contribution in [-0.2, 0) is 6.42 Å². The van der Waals surface area contributed by atoms with Gasteiger partial charge in [-0.1, -0.05) is 6.07 Å². The number of nitrogens with two attached hydrogens (primary N) is 1. The number of pyridine rings is 1. The first kappa shape index (κ1) is 11.4. The third-order valence-corrected chi connectivity index (χ3v) is 1.74. The van der Waals surface area contributed by atoms with E-state index in [1.807, 2.05) is 12.3 Å². The van der Waals surface area contributed by atoms with Gasteiger partial charge in [-0.3, -0.25) is 4.98 Å². The van der Waals surface area contributed by atoms with Gasteiger partial charge in [0.15, 0.2) is 0 Å². The molecule has 2 N–H and O–H groups in total. The Balaban J connectivity index is 0.00000121. The smallest absolute Gasteiger partial charge is 0.0433 e. The van der Waals surface area contributed by atoms with Crippen LogP contribution in [0.25, 0.3) is 0 Å². The van der Waals surface area contributed by atoms with Gasteiger partial charge >= 0.3 is 0 Å². The molecule has 0 saturated heterocycles. The molecule has 3 heteroatoms. The lowest BCUT2D eigenvalue weighted by molar-refractivity contribution is 0.804. The fourth-order valence-corrected chi connectivity index (χ4v) is 1.05. The molecule has 0 saturated carbocycles. The summed E-state index contributed by atoms with van der Waals surface area (Å²) in [6, 6.07) is 4.04. The Morgan fingerprint density at radius 3 is 2.83 bits per heavy atom. The van der Waals surface area contributed by atoms with Gasteiger partial charge in [0, 0.05) is 11.9 Å². The van der Waals surface area contributed by atoms with Crippen LogP contribution >= 0.6 is 12.4 Å². The van der Waals surface area contributed by atoms with E-state index in [0.29, 0.717) is 0 Å². The number of halogens is 1. The maximum Gasteiger partial charge on any atom is 0.0433 e. The van der Waals surface area contributed by atoms with E-state index in [-0.39, 0.29) is 12.4 Å². The van der Waals surface area contributed by atoms with Gasteiger partial charge in [0.1, 0.15) is 0 Å². The molecule has 1 heterocycles. The van der Waals surface area contributed by atoms with Gasteiger partial charge in [0.05, 0.1) is 0 Å². The zero-order chi connectivity index (χ0) is 8.10. The number of aromatic nitrogens is 1. The van der Waals surface area contributed by atoms with E-state index in [4.69, 9.17) is 5.73 Å². The number of aryl methyl sites for hydroxylation is 2. The van der Waals surface area contributed by atoms with Crippen molar-refractivity contribution in [2.45, 2.75) is 19.8 Å². The van der Waals surface area contributed by atoms with E-state index < -0.39 is 0 Å². The van der Waals surface area contributed by atoms with Gasteiger partial charge in [0.25, 0.3) is 0 Å². The lowest BCUT2D eigenvalue weighted by Crippen LogP contribution is -2.02. The molecule has 0 unspecified atom stereocenters. The largest absolute Gasteiger partial charge is 0.330 e. The molecule has 0 amide bonds. The second kappa shape index (κ2) is 5.98. The van der Waals surface area contributed by atoms with Crippen molar-refractivity contribution in [1.82, 2.24) is 4.98 Å². The minimum absolute atomic E-state index is 0. The molecule has 0 aliphatic carbocycles. The number of rotatable bonds is 3. The monoisotopic (exact) mass is 186 g/mol. The van der Waals surface area contributed by atoms with E-state index in [0.717, 1.165) is 19.4 Å². The first-order valence-corrected chi connectivity index (χ1v) is 3.95. The zero-order valence-electron chi connectivity index (χ0n) is 7.29. The van der Waals surface area contributed by atoms with Gasteiger partial charge in [-0.2, -0.15) is 0 Å². The van der Waals surface area contributed by atoms with Gasteiger partial charge in [0.2, 0.25) is 0 Å². The third-order valence-electron chi connectivity index (χ3n) is 1.74. The minimum Gasteiger partial charge on any atom is -0.330 e.